The Morgan fingerprint density at radius 2 is 2.19 bits per heavy atom. The molecule has 1 aromatic rings. The van der Waals surface area contributed by atoms with Gasteiger partial charge in [0.1, 0.15) is 0 Å². The molecule has 116 valence electrons. The lowest BCUT2D eigenvalue weighted by atomic mass is 10.0. The van der Waals surface area contributed by atoms with E-state index in [1.165, 1.54) is 5.56 Å². The van der Waals surface area contributed by atoms with E-state index in [4.69, 9.17) is 11.6 Å². The van der Waals surface area contributed by atoms with Gasteiger partial charge in [0.05, 0.1) is 0 Å². The van der Waals surface area contributed by atoms with Gasteiger partial charge >= 0.3 is 0 Å². The molecule has 1 aromatic carbocycles. The van der Waals surface area contributed by atoms with Crippen LogP contribution < -0.4 is 0 Å². The Labute approximate surface area is 137 Å². The minimum absolute atomic E-state index is 0.310. The number of hydrogen-bond acceptors (Lipinski definition) is 2. The Kier molecular flexibility index (Phi) is 6.43. The van der Waals surface area contributed by atoms with E-state index in [0.717, 1.165) is 36.7 Å². The molecule has 0 bridgehead atoms. The number of benzene rings is 1. The highest BCUT2D eigenvalue weighted by molar-refractivity contribution is 7.99. The quantitative estimate of drug-likeness (QED) is 0.793. The van der Waals surface area contributed by atoms with Crippen LogP contribution in [0.3, 0.4) is 0 Å². The minimum atomic E-state index is 0.310. The van der Waals surface area contributed by atoms with E-state index in [1.54, 1.807) is 0 Å². The number of rotatable bonds is 4. The molecule has 1 saturated heterocycles. The fraction of sp³-hybridized carbons (Fsp3) is 0.588. The minimum Gasteiger partial charge on any atom is -0.342 e. The van der Waals surface area contributed by atoms with Crippen molar-refractivity contribution in [1.29, 1.82) is 0 Å². The van der Waals surface area contributed by atoms with Crippen LogP contribution in [-0.4, -0.2) is 29.6 Å². The van der Waals surface area contributed by atoms with Crippen LogP contribution in [0.5, 0.6) is 0 Å². The smallest absolute Gasteiger partial charge is 0.222 e. The van der Waals surface area contributed by atoms with Gasteiger partial charge in [-0.3, -0.25) is 4.79 Å². The maximum atomic E-state index is 12.3. The van der Waals surface area contributed by atoms with Crippen LogP contribution in [0.1, 0.15) is 43.9 Å². The van der Waals surface area contributed by atoms with Crippen molar-refractivity contribution in [3.8, 4) is 0 Å². The Bertz CT molecular complexity index is 480. The van der Waals surface area contributed by atoms with Gasteiger partial charge in [-0.15, -0.1) is 0 Å². The van der Waals surface area contributed by atoms with Crippen molar-refractivity contribution in [3.05, 3.63) is 34.9 Å². The summed E-state index contributed by atoms with van der Waals surface area (Å²) in [6.07, 6.45) is 2.73. The predicted molar refractivity (Wildman–Crippen MR) is 91.9 cm³/mol. The molecule has 0 saturated carbocycles. The normalized spacial score (nSPS) is 20.9. The second-order valence-electron chi connectivity index (χ2n) is 5.77. The summed E-state index contributed by atoms with van der Waals surface area (Å²) in [5.41, 5.74) is 1.21. The Morgan fingerprint density at radius 3 is 2.90 bits per heavy atom. The van der Waals surface area contributed by atoms with Crippen molar-refractivity contribution in [3.63, 3.8) is 0 Å². The van der Waals surface area contributed by atoms with Gasteiger partial charge in [-0.2, -0.15) is 11.8 Å². The summed E-state index contributed by atoms with van der Waals surface area (Å²) in [7, 11) is 0. The average molecular weight is 326 g/mol. The van der Waals surface area contributed by atoms with E-state index in [2.05, 4.69) is 19.9 Å². The molecule has 1 aliphatic heterocycles. The third kappa shape index (κ3) is 4.65. The van der Waals surface area contributed by atoms with Gasteiger partial charge in [0.25, 0.3) is 0 Å². The predicted octanol–water partition coefficient (Wildman–Crippen LogP) is 4.78. The fourth-order valence-corrected chi connectivity index (χ4v) is 4.18. The van der Waals surface area contributed by atoms with E-state index < -0.39 is 0 Å². The molecule has 1 aliphatic rings. The SMILES string of the molecule is CCC(C)CC(=O)N1CCSC(c2ccccc2Cl)CC1. The Hall–Kier alpha value is -0.670. The molecule has 2 unspecified atom stereocenters. The second-order valence-corrected chi connectivity index (χ2v) is 7.49. The van der Waals surface area contributed by atoms with Crippen LogP contribution >= 0.6 is 23.4 Å². The van der Waals surface area contributed by atoms with Crippen LogP contribution in [0.15, 0.2) is 24.3 Å². The number of carbonyl (C=O) groups excluding carboxylic acids is 1. The van der Waals surface area contributed by atoms with Crippen LogP contribution in [-0.2, 0) is 4.79 Å². The third-order valence-electron chi connectivity index (χ3n) is 4.17. The summed E-state index contributed by atoms with van der Waals surface area (Å²) in [4.78, 5) is 14.4. The lowest BCUT2D eigenvalue weighted by Crippen LogP contribution is -2.33. The summed E-state index contributed by atoms with van der Waals surface area (Å²) in [6, 6.07) is 8.07. The molecule has 0 N–H and O–H groups in total. The maximum Gasteiger partial charge on any atom is 0.222 e. The zero-order valence-corrected chi connectivity index (χ0v) is 14.4. The van der Waals surface area contributed by atoms with Crippen molar-refractivity contribution < 1.29 is 4.79 Å². The highest BCUT2D eigenvalue weighted by Gasteiger charge is 2.23. The number of halogens is 1. The van der Waals surface area contributed by atoms with E-state index in [1.807, 2.05) is 34.9 Å². The van der Waals surface area contributed by atoms with E-state index in [-0.39, 0.29) is 0 Å². The van der Waals surface area contributed by atoms with Crippen molar-refractivity contribution in [2.24, 2.45) is 5.92 Å². The summed E-state index contributed by atoms with van der Waals surface area (Å²) in [5.74, 6) is 1.78. The first-order valence-corrected chi connectivity index (χ1v) is 9.18. The van der Waals surface area contributed by atoms with Gasteiger partial charge in [-0.05, 0) is 24.0 Å². The van der Waals surface area contributed by atoms with Gasteiger partial charge in [0, 0.05) is 35.5 Å². The Morgan fingerprint density at radius 1 is 1.43 bits per heavy atom. The van der Waals surface area contributed by atoms with E-state index in [9.17, 15) is 4.79 Å². The topological polar surface area (TPSA) is 20.3 Å². The molecule has 0 radical (unpaired) electrons. The molecular weight excluding hydrogens is 302 g/mol. The van der Waals surface area contributed by atoms with Gasteiger partial charge < -0.3 is 4.90 Å². The van der Waals surface area contributed by atoms with Gasteiger partial charge in [-0.25, -0.2) is 0 Å². The van der Waals surface area contributed by atoms with Crippen molar-refractivity contribution in [2.75, 3.05) is 18.8 Å². The van der Waals surface area contributed by atoms with Crippen LogP contribution in [0.25, 0.3) is 0 Å². The highest BCUT2D eigenvalue weighted by atomic mass is 35.5. The maximum absolute atomic E-state index is 12.3. The molecular formula is C17H24ClNOS. The summed E-state index contributed by atoms with van der Waals surface area (Å²) in [6.45, 7) is 6.00. The number of hydrogen-bond donors (Lipinski definition) is 0. The number of nitrogens with zero attached hydrogens (tertiary/aromatic N) is 1. The second kappa shape index (κ2) is 8.09. The van der Waals surface area contributed by atoms with Crippen LogP contribution in [0, 0.1) is 5.92 Å². The van der Waals surface area contributed by atoms with Crippen LogP contribution in [0.2, 0.25) is 5.02 Å². The standard InChI is InChI=1S/C17H24ClNOS/c1-3-13(2)12-17(20)19-9-8-16(21-11-10-19)14-6-4-5-7-15(14)18/h4-7,13,16H,3,8-12H2,1-2H3. The van der Waals surface area contributed by atoms with Crippen molar-refractivity contribution in [1.82, 2.24) is 4.90 Å². The molecule has 1 fully saturated rings. The molecule has 2 rings (SSSR count). The number of carbonyl (C=O) groups is 1. The zero-order chi connectivity index (χ0) is 15.2. The van der Waals surface area contributed by atoms with Gasteiger partial charge in [0.2, 0.25) is 5.91 Å². The summed E-state index contributed by atoms with van der Waals surface area (Å²) < 4.78 is 0. The fourth-order valence-electron chi connectivity index (χ4n) is 2.58. The first kappa shape index (κ1) is 16.7. The molecule has 1 amide bonds. The largest absolute Gasteiger partial charge is 0.342 e. The molecule has 1 heterocycles. The molecule has 4 heteroatoms. The molecule has 2 atom stereocenters. The van der Waals surface area contributed by atoms with Gasteiger partial charge in [-0.1, -0.05) is 50.1 Å². The monoisotopic (exact) mass is 325 g/mol. The lowest BCUT2D eigenvalue weighted by Gasteiger charge is -2.22. The summed E-state index contributed by atoms with van der Waals surface area (Å²) >= 11 is 8.22. The average Bonchev–Trinajstić information content (AvgIpc) is 2.73. The van der Waals surface area contributed by atoms with E-state index in [0.29, 0.717) is 23.5 Å². The Balaban J connectivity index is 1.96. The highest BCUT2D eigenvalue weighted by Crippen LogP contribution is 2.37. The molecule has 21 heavy (non-hydrogen) atoms. The van der Waals surface area contributed by atoms with Crippen LogP contribution in [0.4, 0.5) is 0 Å². The molecule has 2 nitrogen and oxygen atoms in total. The summed E-state index contributed by atoms with van der Waals surface area (Å²) in [5, 5.41) is 1.24. The van der Waals surface area contributed by atoms with Gasteiger partial charge in [0.15, 0.2) is 0 Å². The molecule has 0 aliphatic carbocycles. The first-order valence-electron chi connectivity index (χ1n) is 7.75. The molecule has 0 aromatic heterocycles. The lowest BCUT2D eigenvalue weighted by molar-refractivity contribution is -0.131. The zero-order valence-electron chi connectivity index (χ0n) is 12.8. The molecule has 0 spiro atoms. The third-order valence-corrected chi connectivity index (χ3v) is 5.82. The van der Waals surface area contributed by atoms with Crippen molar-refractivity contribution >= 4 is 29.3 Å². The number of thioether (sulfide) groups is 1. The first-order chi connectivity index (χ1) is 10.1. The van der Waals surface area contributed by atoms with E-state index >= 15 is 0 Å². The van der Waals surface area contributed by atoms with Crippen molar-refractivity contribution in [2.45, 2.75) is 38.4 Å². The number of amides is 1.